The standard InChI is InChI=1S/C18H23FO6/c1-4-24-17(20)8-6-13-9-15(19)7-5-14(13)10-18(21)25-16(11-22-2)12-23-3/h5-9,16H,4,10-12H2,1-3H3/b8-6+. The first-order valence-electron chi connectivity index (χ1n) is 7.80. The van der Waals surface area contributed by atoms with Crippen molar-refractivity contribution in [2.45, 2.75) is 19.4 Å². The second-order valence-electron chi connectivity index (χ2n) is 5.13. The third kappa shape index (κ3) is 7.91. The van der Waals surface area contributed by atoms with Crippen LogP contribution in [0.15, 0.2) is 24.3 Å². The van der Waals surface area contributed by atoms with Crippen LogP contribution in [-0.2, 0) is 35.0 Å². The molecule has 0 radical (unpaired) electrons. The minimum absolute atomic E-state index is 0.0767. The van der Waals surface area contributed by atoms with Crippen molar-refractivity contribution in [2.24, 2.45) is 0 Å². The molecule has 0 bridgehead atoms. The highest BCUT2D eigenvalue weighted by molar-refractivity contribution is 5.87. The van der Waals surface area contributed by atoms with Crippen LogP contribution in [0.25, 0.3) is 6.08 Å². The SMILES string of the molecule is CCOC(=O)/C=C/c1cc(F)ccc1CC(=O)OC(COC)COC. The fourth-order valence-electron chi connectivity index (χ4n) is 2.10. The van der Waals surface area contributed by atoms with E-state index in [1.807, 2.05) is 0 Å². The maximum Gasteiger partial charge on any atom is 0.330 e. The molecule has 0 spiro atoms. The zero-order chi connectivity index (χ0) is 18.7. The molecule has 0 N–H and O–H groups in total. The van der Waals surface area contributed by atoms with Gasteiger partial charge in [0.15, 0.2) is 0 Å². The van der Waals surface area contributed by atoms with Crippen LogP contribution in [-0.4, -0.2) is 52.1 Å². The van der Waals surface area contributed by atoms with Gasteiger partial charge in [0, 0.05) is 20.3 Å². The third-order valence-electron chi connectivity index (χ3n) is 3.13. The van der Waals surface area contributed by atoms with Crippen LogP contribution in [0, 0.1) is 5.82 Å². The molecule has 0 saturated carbocycles. The van der Waals surface area contributed by atoms with Crippen molar-refractivity contribution in [3.63, 3.8) is 0 Å². The molecule has 7 heteroatoms. The lowest BCUT2D eigenvalue weighted by molar-refractivity contribution is -0.153. The van der Waals surface area contributed by atoms with Crippen LogP contribution in [0.2, 0.25) is 0 Å². The van der Waals surface area contributed by atoms with E-state index in [2.05, 4.69) is 0 Å². The summed E-state index contributed by atoms with van der Waals surface area (Å²) in [4.78, 5) is 23.5. The summed E-state index contributed by atoms with van der Waals surface area (Å²) >= 11 is 0. The molecular formula is C18H23FO6. The molecule has 0 saturated heterocycles. The molecular weight excluding hydrogens is 331 g/mol. The molecule has 0 aromatic heterocycles. The van der Waals surface area contributed by atoms with E-state index in [0.717, 1.165) is 0 Å². The summed E-state index contributed by atoms with van der Waals surface area (Å²) in [5.41, 5.74) is 0.931. The molecule has 1 aromatic carbocycles. The highest BCUT2D eigenvalue weighted by atomic mass is 19.1. The topological polar surface area (TPSA) is 71.1 Å². The predicted molar refractivity (Wildman–Crippen MR) is 89.4 cm³/mol. The number of halogens is 1. The summed E-state index contributed by atoms with van der Waals surface area (Å²) in [6.07, 6.45) is 1.99. The Labute approximate surface area is 146 Å². The van der Waals surface area contributed by atoms with E-state index in [1.165, 1.54) is 44.6 Å². The van der Waals surface area contributed by atoms with Gasteiger partial charge in [-0.1, -0.05) is 6.07 Å². The van der Waals surface area contributed by atoms with Crippen molar-refractivity contribution >= 4 is 18.0 Å². The maximum absolute atomic E-state index is 13.5. The van der Waals surface area contributed by atoms with Crippen molar-refractivity contribution in [1.82, 2.24) is 0 Å². The van der Waals surface area contributed by atoms with Gasteiger partial charge < -0.3 is 18.9 Å². The van der Waals surface area contributed by atoms with E-state index < -0.39 is 23.9 Å². The van der Waals surface area contributed by atoms with E-state index >= 15 is 0 Å². The second-order valence-corrected chi connectivity index (χ2v) is 5.13. The number of benzene rings is 1. The molecule has 0 amide bonds. The van der Waals surface area contributed by atoms with Crippen LogP contribution in [0.5, 0.6) is 0 Å². The van der Waals surface area contributed by atoms with Gasteiger partial charge in [-0.2, -0.15) is 0 Å². The van der Waals surface area contributed by atoms with E-state index in [0.29, 0.717) is 11.1 Å². The first kappa shape index (κ1) is 20.8. The summed E-state index contributed by atoms with van der Waals surface area (Å²) in [5, 5.41) is 0. The zero-order valence-corrected chi connectivity index (χ0v) is 14.6. The first-order chi connectivity index (χ1) is 12.0. The molecule has 0 atom stereocenters. The van der Waals surface area contributed by atoms with Gasteiger partial charge in [-0.05, 0) is 36.3 Å². The molecule has 25 heavy (non-hydrogen) atoms. The minimum Gasteiger partial charge on any atom is -0.463 e. The van der Waals surface area contributed by atoms with E-state index in [9.17, 15) is 14.0 Å². The largest absolute Gasteiger partial charge is 0.463 e. The van der Waals surface area contributed by atoms with E-state index in [-0.39, 0.29) is 26.2 Å². The Bertz CT molecular complexity index is 593. The fourth-order valence-corrected chi connectivity index (χ4v) is 2.10. The van der Waals surface area contributed by atoms with E-state index in [4.69, 9.17) is 18.9 Å². The first-order valence-corrected chi connectivity index (χ1v) is 7.80. The Kier molecular flexibility index (Phi) is 9.42. The summed E-state index contributed by atoms with van der Waals surface area (Å²) in [6.45, 7) is 2.34. The van der Waals surface area contributed by atoms with Crippen LogP contribution in [0.3, 0.4) is 0 Å². The Hall–Kier alpha value is -2.25. The Morgan fingerprint density at radius 1 is 1.20 bits per heavy atom. The lowest BCUT2D eigenvalue weighted by Gasteiger charge is -2.16. The van der Waals surface area contributed by atoms with E-state index in [1.54, 1.807) is 6.92 Å². The highest BCUT2D eigenvalue weighted by Gasteiger charge is 2.16. The van der Waals surface area contributed by atoms with Gasteiger partial charge in [0.25, 0.3) is 0 Å². The molecule has 0 heterocycles. The summed E-state index contributed by atoms with van der Waals surface area (Å²) in [6, 6.07) is 3.95. The average molecular weight is 354 g/mol. The molecule has 0 aliphatic rings. The zero-order valence-electron chi connectivity index (χ0n) is 14.6. The van der Waals surface area contributed by atoms with Gasteiger partial charge in [0.05, 0.1) is 26.2 Å². The van der Waals surface area contributed by atoms with Crippen molar-refractivity contribution in [3.05, 3.63) is 41.2 Å². The maximum atomic E-state index is 13.5. The molecule has 6 nitrogen and oxygen atoms in total. The number of esters is 2. The fraction of sp³-hybridized carbons (Fsp3) is 0.444. The van der Waals surface area contributed by atoms with Crippen LogP contribution < -0.4 is 0 Å². The number of hydrogen-bond acceptors (Lipinski definition) is 6. The number of rotatable bonds is 10. The van der Waals surface area contributed by atoms with Crippen molar-refractivity contribution < 1.29 is 32.9 Å². The Morgan fingerprint density at radius 2 is 1.88 bits per heavy atom. The van der Waals surface area contributed by atoms with Gasteiger partial charge in [-0.3, -0.25) is 4.79 Å². The highest BCUT2D eigenvalue weighted by Crippen LogP contribution is 2.15. The minimum atomic E-state index is -0.541. The summed E-state index contributed by atoms with van der Waals surface area (Å²) in [5.74, 6) is -1.52. The second kappa shape index (κ2) is 11.3. The lowest BCUT2D eigenvalue weighted by atomic mass is 10.0. The number of hydrogen-bond donors (Lipinski definition) is 0. The Balaban J connectivity index is 2.83. The average Bonchev–Trinajstić information content (AvgIpc) is 2.55. The molecule has 1 rings (SSSR count). The summed E-state index contributed by atoms with van der Waals surface area (Å²) in [7, 11) is 2.99. The Morgan fingerprint density at radius 3 is 2.48 bits per heavy atom. The molecule has 1 aromatic rings. The monoisotopic (exact) mass is 354 g/mol. The predicted octanol–water partition coefficient (Wildman–Crippen LogP) is 2.15. The van der Waals surface area contributed by atoms with Gasteiger partial charge in [0.2, 0.25) is 0 Å². The lowest BCUT2D eigenvalue weighted by Crippen LogP contribution is -2.28. The molecule has 0 aliphatic carbocycles. The number of ether oxygens (including phenoxy) is 4. The third-order valence-corrected chi connectivity index (χ3v) is 3.13. The van der Waals surface area contributed by atoms with Crippen molar-refractivity contribution in [3.8, 4) is 0 Å². The van der Waals surface area contributed by atoms with Gasteiger partial charge in [-0.15, -0.1) is 0 Å². The van der Waals surface area contributed by atoms with Crippen molar-refractivity contribution in [1.29, 1.82) is 0 Å². The quantitative estimate of drug-likeness (QED) is 0.474. The smallest absolute Gasteiger partial charge is 0.330 e. The number of carbonyl (C=O) groups excluding carboxylic acids is 2. The van der Waals surface area contributed by atoms with Gasteiger partial charge >= 0.3 is 11.9 Å². The molecule has 138 valence electrons. The normalized spacial score (nSPS) is 11.1. The van der Waals surface area contributed by atoms with Gasteiger partial charge in [0.1, 0.15) is 11.9 Å². The molecule has 0 aliphatic heterocycles. The molecule has 0 unspecified atom stereocenters. The molecule has 0 fully saturated rings. The number of methoxy groups -OCH3 is 2. The van der Waals surface area contributed by atoms with Gasteiger partial charge in [-0.25, -0.2) is 9.18 Å². The number of carbonyl (C=O) groups is 2. The van der Waals surface area contributed by atoms with Crippen LogP contribution in [0.4, 0.5) is 4.39 Å². The summed E-state index contributed by atoms with van der Waals surface area (Å²) < 4.78 is 33.5. The van der Waals surface area contributed by atoms with Crippen LogP contribution in [0.1, 0.15) is 18.1 Å². The van der Waals surface area contributed by atoms with Crippen molar-refractivity contribution in [2.75, 3.05) is 34.0 Å². The van der Waals surface area contributed by atoms with Crippen LogP contribution >= 0.6 is 0 Å².